The van der Waals surface area contributed by atoms with Gasteiger partial charge in [0.2, 0.25) is 0 Å². The van der Waals surface area contributed by atoms with Gasteiger partial charge in [-0.2, -0.15) is 0 Å². The highest BCUT2D eigenvalue weighted by molar-refractivity contribution is 7.07. The molecule has 0 spiro atoms. The van der Waals surface area contributed by atoms with Gasteiger partial charge in [0.05, 0.1) is 5.38 Å². The Morgan fingerprint density at radius 2 is 2.67 bits per heavy atom. The van der Waals surface area contributed by atoms with Gasteiger partial charge in [-0.05, 0) is 17.9 Å². The molecule has 0 aliphatic carbocycles. The molecule has 1 aromatic heterocycles. The number of rotatable bonds is 0. The topological polar surface area (TPSA) is 0 Å². The predicted octanol–water partition coefficient (Wildman–Crippen LogP) is 1.66. The second-order valence-electron chi connectivity index (χ2n) is 1.15. The summed E-state index contributed by atoms with van der Waals surface area (Å²) in [6.45, 7) is 2.01. The van der Waals surface area contributed by atoms with Crippen LogP contribution in [0.1, 0.15) is 5.56 Å². The quantitative estimate of drug-likeness (QED) is 0.460. The summed E-state index contributed by atoms with van der Waals surface area (Å²) >= 11 is 1.56. The van der Waals surface area contributed by atoms with E-state index >= 15 is 0 Å². The van der Waals surface area contributed by atoms with Crippen molar-refractivity contribution in [2.24, 2.45) is 0 Å². The third-order valence-electron chi connectivity index (χ3n) is 0.543. The fraction of sp³-hybridized carbons (Fsp3) is 0.200. The molecule has 0 aliphatic rings. The smallest absolute Gasteiger partial charge is 0.0530 e. The maximum Gasteiger partial charge on any atom is 0.0530 e. The fourth-order valence-electron chi connectivity index (χ4n) is 0.257. The first-order valence-electron chi connectivity index (χ1n) is 1.73. The molecule has 1 heteroatoms. The van der Waals surface area contributed by atoms with Crippen LogP contribution in [0.2, 0.25) is 0 Å². The molecule has 0 saturated carbocycles. The average molecular weight is 96.2 g/mol. The van der Waals surface area contributed by atoms with Gasteiger partial charge in [0.15, 0.2) is 0 Å². The van der Waals surface area contributed by atoms with E-state index in [9.17, 15) is 0 Å². The second-order valence-corrected chi connectivity index (χ2v) is 1.82. The Kier molecular flexibility index (Phi) is 0.926. The summed E-state index contributed by atoms with van der Waals surface area (Å²) in [4.78, 5) is 0. The van der Waals surface area contributed by atoms with Crippen molar-refractivity contribution in [3.8, 4) is 0 Å². The summed E-state index contributed by atoms with van der Waals surface area (Å²) in [6, 6.07) is 2.89. The molecular weight excluding hydrogens is 92.1 g/mol. The maximum absolute atomic E-state index is 2.89. The van der Waals surface area contributed by atoms with Crippen molar-refractivity contribution in [3.63, 3.8) is 0 Å². The fourth-order valence-corrected chi connectivity index (χ4v) is 0.772. The molecule has 0 atom stereocenters. The lowest BCUT2D eigenvalue weighted by molar-refractivity contribution is 1.54. The van der Waals surface area contributed by atoms with E-state index in [2.05, 4.69) is 11.4 Å². The Balaban J connectivity index is 3.05. The maximum atomic E-state index is 2.89. The van der Waals surface area contributed by atoms with E-state index in [4.69, 9.17) is 0 Å². The molecule has 0 saturated heterocycles. The molecule has 0 nitrogen and oxygen atoms in total. The molecule has 0 fully saturated rings. The first kappa shape index (κ1) is 3.88. The summed E-state index contributed by atoms with van der Waals surface area (Å²) in [5.41, 5.74) is 1.18. The molecule has 0 aliphatic heterocycles. The minimum Gasteiger partial charge on any atom is -0.142 e. The molecule has 2 radical (unpaired) electrons. The van der Waals surface area contributed by atoms with Crippen LogP contribution in [-0.4, -0.2) is 0 Å². The standard InChI is InChI=1S/C5H4S/c1-5-2-3-6-4-5/h4H,1H3. The summed E-state index contributed by atoms with van der Waals surface area (Å²) in [5, 5.41) is 4.86. The molecule has 1 aromatic rings. The Bertz CT molecular complexity index is 107. The van der Waals surface area contributed by atoms with Crippen LogP contribution in [0.5, 0.6) is 0 Å². The molecule has 0 N–H and O–H groups in total. The zero-order chi connectivity index (χ0) is 4.41. The normalized spacial score (nSPS) is 8.83. The number of hydrogen-bond donors (Lipinski definition) is 0. The predicted molar refractivity (Wildman–Crippen MR) is 26.7 cm³/mol. The van der Waals surface area contributed by atoms with Crippen molar-refractivity contribution in [1.29, 1.82) is 0 Å². The van der Waals surface area contributed by atoms with Gasteiger partial charge in [-0.15, -0.1) is 11.3 Å². The van der Waals surface area contributed by atoms with Gasteiger partial charge in [-0.3, -0.25) is 0 Å². The largest absolute Gasteiger partial charge is 0.142 e. The van der Waals surface area contributed by atoms with Crippen LogP contribution in [0.15, 0.2) is 5.38 Å². The van der Waals surface area contributed by atoms with Crippen LogP contribution in [-0.2, 0) is 0 Å². The highest BCUT2D eigenvalue weighted by Crippen LogP contribution is 1.99. The number of aryl methyl sites for hydroxylation is 1. The zero-order valence-electron chi connectivity index (χ0n) is 3.49. The van der Waals surface area contributed by atoms with Crippen molar-refractivity contribution in [1.82, 2.24) is 0 Å². The van der Waals surface area contributed by atoms with Crippen LogP contribution in [0.4, 0.5) is 0 Å². The molecular formula is C5H4S. The average Bonchev–Trinajstić information content (AvgIpc) is 1.86. The molecule has 0 aromatic carbocycles. The van der Waals surface area contributed by atoms with Gasteiger partial charge in [0.25, 0.3) is 0 Å². The zero-order valence-corrected chi connectivity index (χ0v) is 4.30. The van der Waals surface area contributed by atoms with Gasteiger partial charge >= 0.3 is 0 Å². The minimum atomic E-state index is 1.18. The SMILES string of the molecule is Cc1[c][c]sc1. The second kappa shape index (κ2) is 1.43. The Hall–Kier alpha value is -0.300. The third-order valence-corrected chi connectivity index (χ3v) is 1.23. The Morgan fingerprint density at radius 1 is 1.83 bits per heavy atom. The van der Waals surface area contributed by atoms with Crippen molar-refractivity contribution in [2.45, 2.75) is 6.92 Å². The van der Waals surface area contributed by atoms with E-state index in [1.807, 2.05) is 12.3 Å². The first-order valence-corrected chi connectivity index (χ1v) is 2.61. The molecule has 0 bridgehead atoms. The van der Waals surface area contributed by atoms with E-state index in [1.165, 1.54) is 5.56 Å². The summed E-state index contributed by atoms with van der Waals surface area (Å²) in [5.74, 6) is 0. The van der Waals surface area contributed by atoms with Gasteiger partial charge < -0.3 is 0 Å². The van der Waals surface area contributed by atoms with Crippen molar-refractivity contribution in [3.05, 3.63) is 22.4 Å². The van der Waals surface area contributed by atoms with E-state index in [-0.39, 0.29) is 0 Å². The van der Waals surface area contributed by atoms with Gasteiger partial charge in [0.1, 0.15) is 0 Å². The monoisotopic (exact) mass is 96.0 g/mol. The van der Waals surface area contributed by atoms with E-state index in [1.54, 1.807) is 11.3 Å². The molecule has 30 valence electrons. The van der Waals surface area contributed by atoms with E-state index in [0.717, 1.165) is 0 Å². The molecule has 6 heavy (non-hydrogen) atoms. The van der Waals surface area contributed by atoms with Crippen molar-refractivity contribution < 1.29 is 0 Å². The minimum absolute atomic E-state index is 1.18. The lowest BCUT2D eigenvalue weighted by Gasteiger charge is -1.64. The third kappa shape index (κ3) is 0.601. The van der Waals surface area contributed by atoms with Crippen LogP contribution < -0.4 is 0 Å². The van der Waals surface area contributed by atoms with E-state index < -0.39 is 0 Å². The van der Waals surface area contributed by atoms with Gasteiger partial charge in [0, 0.05) is 6.07 Å². The van der Waals surface area contributed by atoms with Crippen LogP contribution in [0, 0.1) is 18.4 Å². The molecule has 1 rings (SSSR count). The Labute approximate surface area is 41.4 Å². The van der Waals surface area contributed by atoms with Crippen molar-refractivity contribution in [2.75, 3.05) is 0 Å². The van der Waals surface area contributed by atoms with E-state index in [0.29, 0.717) is 0 Å². The van der Waals surface area contributed by atoms with Gasteiger partial charge in [-0.1, -0.05) is 0 Å². The van der Waals surface area contributed by atoms with Crippen molar-refractivity contribution >= 4 is 11.3 Å². The lowest BCUT2D eigenvalue weighted by atomic mass is 10.4. The van der Waals surface area contributed by atoms with Crippen LogP contribution in [0.3, 0.4) is 0 Å². The van der Waals surface area contributed by atoms with Crippen LogP contribution >= 0.6 is 11.3 Å². The van der Waals surface area contributed by atoms with Crippen LogP contribution in [0.25, 0.3) is 0 Å². The number of thiophene rings is 1. The highest BCUT2D eigenvalue weighted by atomic mass is 32.1. The first-order chi connectivity index (χ1) is 2.89. The summed E-state index contributed by atoms with van der Waals surface area (Å²) < 4.78 is 0. The molecule has 0 amide bonds. The molecule has 1 heterocycles. The molecule has 0 unspecified atom stereocenters. The van der Waals surface area contributed by atoms with Gasteiger partial charge in [-0.25, -0.2) is 0 Å². The lowest BCUT2D eigenvalue weighted by Crippen LogP contribution is -1.49. The highest BCUT2D eigenvalue weighted by Gasteiger charge is 1.76. The summed E-state index contributed by atoms with van der Waals surface area (Å²) in [6.07, 6.45) is 0. The Morgan fingerprint density at radius 3 is 2.83 bits per heavy atom. The number of hydrogen-bond acceptors (Lipinski definition) is 1. The summed E-state index contributed by atoms with van der Waals surface area (Å²) in [7, 11) is 0.